The Morgan fingerprint density at radius 2 is 1.65 bits per heavy atom. The zero-order valence-corrected chi connectivity index (χ0v) is 24.1. The number of hydrogen-bond donors (Lipinski definition) is 1. The number of rotatable bonds is 4. The second-order valence-corrected chi connectivity index (χ2v) is 7.16. The summed E-state index contributed by atoms with van der Waals surface area (Å²) in [5.41, 5.74) is 4.73. The van der Waals surface area contributed by atoms with Crippen molar-refractivity contribution in [2.75, 3.05) is 26.0 Å². The lowest BCUT2D eigenvalue weighted by molar-refractivity contribution is 0.312. The fourth-order valence-electron chi connectivity index (χ4n) is 2.97. The maximum Gasteiger partial charge on any atom is 0.123 e. The van der Waals surface area contributed by atoms with Gasteiger partial charge in [-0.3, -0.25) is 0 Å². The third-order valence-corrected chi connectivity index (χ3v) is 4.36. The Kier molecular flexibility index (Phi) is 26.2. The van der Waals surface area contributed by atoms with E-state index in [0.29, 0.717) is 0 Å². The van der Waals surface area contributed by atoms with E-state index < -0.39 is 6.67 Å². The SMILES string of the molecule is C=C(/C=C\n1c2c(c3cc(F)ccc31)CN(C)CC2)CC.C=CCF.CC.CC.CC.CCS. The van der Waals surface area contributed by atoms with Crippen LogP contribution in [0.15, 0.2) is 49.1 Å². The van der Waals surface area contributed by atoms with Gasteiger partial charge in [-0.05, 0) is 49.1 Å². The zero-order chi connectivity index (χ0) is 27.1. The quantitative estimate of drug-likeness (QED) is 0.252. The molecule has 0 radical (unpaired) electrons. The minimum atomic E-state index is -0.417. The van der Waals surface area contributed by atoms with Crippen LogP contribution in [0.2, 0.25) is 0 Å². The average Bonchev–Trinajstić information content (AvgIpc) is 3.18. The predicted octanol–water partition coefficient (Wildman–Crippen LogP) is 9.36. The van der Waals surface area contributed by atoms with Crippen LogP contribution in [0.4, 0.5) is 8.78 Å². The monoisotopic (exact) mass is 496 g/mol. The average molecular weight is 497 g/mol. The van der Waals surface area contributed by atoms with Crippen molar-refractivity contribution in [1.82, 2.24) is 9.47 Å². The van der Waals surface area contributed by atoms with E-state index in [-0.39, 0.29) is 5.82 Å². The van der Waals surface area contributed by atoms with Crippen LogP contribution in [-0.2, 0) is 13.0 Å². The summed E-state index contributed by atoms with van der Waals surface area (Å²) in [6.45, 7) is 24.7. The Labute approximate surface area is 214 Å². The summed E-state index contributed by atoms with van der Waals surface area (Å²) in [7, 11) is 2.11. The fourth-order valence-corrected chi connectivity index (χ4v) is 2.97. The Morgan fingerprint density at radius 1 is 1.12 bits per heavy atom. The first-order valence-electron chi connectivity index (χ1n) is 12.6. The maximum atomic E-state index is 13.6. The van der Waals surface area contributed by atoms with Gasteiger partial charge in [0.2, 0.25) is 0 Å². The highest BCUT2D eigenvalue weighted by Gasteiger charge is 2.21. The number of halogens is 2. The Hall–Kier alpha value is -1.85. The third-order valence-electron chi connectivity index (χ3n) is 4.36. The summed E-state index contributed by atoms with van der Waals surface area (Å²) in [6.07, 6.45) is 7.28. The van der Waals surface area contributed by atoms with E-state index in [4.69, 9.17) is 0 Å². The fraction of sp³-hybridized carbons (Fsp3) is 0.517. The van der Waals surface area contributed by atoms with Crippen LogP contribution in [0.25, 0.3) is 17.1 Å². The molecule has 2 nitrogen and oxygen atoms in total. The van der Waals surface area contributed by atoms with Crippen molar-refractivity contribution >= 4 is 29.7 Å². The summed E-state index contributed by atoms with van der Waals surface area (Å²) in [4.78, 5) is 2.28. The maximum absolute atomic E-state index is 13.6. The normalized spacial score (nSPS) is 11.5. The van der Waals surface area contributed by atoms with E-state index in [0.717, 1.165) is 48.2 Å². The molecule has 2 heterocycles. The molecule has 0 atom stereocenters. The molecule has 3 rings (SSSR count). The molecular weight excluding hydrogens is 446 g/mol. The van der Waals surface area contributed by atoms with Gasteiger partial charge in [0, 0.05) is 36.8 Å². The van der Waals surface area contributed by atoms with Crippen LogP contribution in [0.3, 0.4) is 0 Å². The first-order valence-corrected chi connectivity index (χ1v) is 13.2. The molecule has 34 heavy (non-hydrogen) atoms. The van der Waals surface area contributed by atoms with Crippen LogP contribution in [-0.4, -0.2) is 35.5 Å². The first kappa shape index (κ1) is 36.7. The summed E-state index contributed by atoms with van der Waals surface area (Å²) < 4.78 is 26.4. The van der Waals surface area contributed by atoms with E-state index in [9.17, 15) is 8.78 Å². The number of benzene rings is 1. The lowest BCUT2D eigenvalue weighted by Crippen LogP contribution is -2.26. The molecule has 0 fully saturated rings. The van der Waals surface area contributed by atoms with Crippen LogP contribution in [0, 0.1) is 5.82 Å². The number of allylic oxidation sites excluding steroid dienone is 3. The third kappa shape index (κ3) is 13.1. The Morgan fingerprint density at radius 3 is 2.12 bits per heavy atom. The van der Waals surface area contributed by atoms with Crippen molar-refractivity contribution in [2.24, 2.45) is 0 Å². The van der Waals surface area contributed by atoms with E-state index in [2.05, 4.69) is 61.5 Å². The Balaban J connectivity index is -0.000000629. The van der Waals surface area contributed by atoms with E-state index in [1.165, 1.54) is 23.4 Å². The molecule has 1 aromatic carbocycles. The van der Waals surface area contributed by atoms with Gasteiger partial charge < -0.3 is 9.47 Å². The van der Waals surface area contributed by atoms with Crippen LogP contribution in [0.5, 0.6) is 0 Å². The molecular formula is C29H50F2N2S. The minimum absolute atomic E-state index is 0.169. The van der Waals surface area contributed by atoms with Gasteiger partial charge in [-0.1, -0.05) is 73.6 Å². The molecule has 0 amide bonds. The van der Waals surface area contributed by atoms with Crippen LogP contribution < -0.4 is 0 Å². The second kappa shape index (κ2) is 24.3. The van der Waals surface area contributed by atoms with Gasteiger partial charge in [-0.25, -0.2) is 8.78 Å². The number of alkyl halides is 1. The van der Waals surface area contributed by atoms with Crippen LogP contribution in [0.1, 0.15) is 73.1 Å². The molecule has 0 spiro atoms. The van der Waals surface area contributed by atoms with Crippen molar-refractivity contribution in [3.05, 3.63) is 66.2 Å². The molecule has 2 aromatic rings. The highest BCUT2D eigenvalue weighted by Crippen LogP contribution is 2.31. The van der Waals surface area contributed by atoms with E-state index in [1.54, 1.807) is 6.07 Å². The van der Waals surface area contributed by atoms with Crippen molar-refractivity contribution < 1.29 is 8.78 Å². The second-order valence-electron chi connectivity index (χ2n) is 6.53. The highest BCUT2D eigenvalue weighted by molar-refractivity contribution is 7.80. The molecule has 0 saturated heterocycles. The van der Waals surface area contributed by atoms with Crippen molar-refractivity contribution in [3.8, 4) is 0 Å². The van der Waals surface area contributed by atoms with Gasteiger partial charge in [0.05, 0.1) is 5.52 Å². The van der Waals surface area contributed by atoms with Crippen LogP contribution >= 0.6 is 12.6 Å². The highest BCUT2D eigenvalue weighted by atomic mass is 32.1. The first-order chi connectivity index (χ1) is 16.4. The lowest BCUT2D eigenvalue weighted by Gasteiger charge is -2.23. The van der Waals surface area contributed by atoms with Gasteiger partial charge in [0.1, 0.15) is 12.5 Å². The van der Waals surface area contributed by atoms with Gasteiger partial charge in [-0.15, -0.1) is 6.58 Å². The predicted molar refractivity (Wildman–Crippen MR) is 156 cm³/mol. The number of likely N-dealkylation sites (N-methyl/N-ethyl adjacent to an activating group) is 1. The van der Waals surface area contributed by atoms with Crippen molar-refractivity contribution in [3.63, 3.8) is 0 Å². The van der Waals surface area contributed by atoms with E-state index in [1.807, 2.05) is 54.5 Å². The number of fused-ring (bicyclic) bond motifs is 3. The number of hydrogen-bond acceptors (Lipinski definition) is 2. The molecule has 1 aliphatic heterocycles. The number of nitrogens with zero attached hydrogens (tertiary/aromatic N) is 2. The Bertz CT molecular complexity index is 810. The molecule has 0 saturated carbocycles. The molecule has 0 bridgehead atoms. The molecule has 5 heteroatoms. The number of aromatic nitrogens is 1. The minimum Gasteiger partial charge on any atom is -0.320 e. The molecule has 0 aliphatic carbocycles. The number of thiol groups is 1. The molecule has 0 N–H and O–H groups in total. The molecule has 0 unspecified atom stereocenters. The van der Waals surface area contributed by atoms with Crippen molar-refractivity contribution in [1.29, 1.82) is 0 Å². The standard InChI is InChI=1S/C18H21FN2.C3H5F.C2H6S.3C2H6/c1-4-13(2)7-10-21-17-6-5-14(19)11-15(17)16-12-20(3)9-8-18(16)21;1-2-3-4;1-2-3;3*1-2/h5-7,10-11H,2,4,8-9,12H2,1,3H3;2H,1,3H2;3H,2H2,1H3;3*1-2H3/b10-7-;;;;;. The van der Waals surface area contributed by atoms with Crippen molar-refractivity contribution in [2.45, 2.75) is 74.8 Å². The smallest absolute Gasteiger partial charge is 0.123 e. The van der Waals surface area contributed by atoms with Gasteiger partial charge in [-0.2, -0.15) is 12.6 Å². The summed E-state index contributed by atoms with van der Waals surface area (Å²) >= 11 is 3.79. The largest absolute Gasteiger partial charge is 0.320 e. The van der Waals surface area contributed by atoms with E-state index >= 15 is 0 Å². The topological polar surface area (TPSA) is 8.17 Å². The van der Waals surface area contributed by atoms with Gasteiger partial charge in [0.15, 0.2) is 0 Å². The van der Waals surface area contributed by atoms with Gasteiger partial charge in [0.25, 0.3) is 0 Å². The lowest BCUT2D eigenvalue weighted by atomic mass is 10.1. The molecule has 196 valence electrons. The summed E-state index contributed by atoms with van der Waals surface area (Å²) in [5, 5.41) is 1.03. The summed E-state index contributed by atoms with van der Waals surface area (Å²) in [6, 6.07) is 5.07. The molecule has 1 aliphatic rings. The zero-order valence-electron chi connectivity index (χ0n) is 23.2. The van der Waals surface area contributed by atoms with Gasteiger partial charge >= 0.3 is 0 Å². The summed E-state index contributed by atoms with van der Waals surface area (Å²) in [5.74, 6) is 0.776. The molecule has 1 aromatic heterocycles.